The third kappa shape index (κ3) is 27.7. The second kappa shape index (κ2) is 29.5. The number of hydrogen-bond acceptors (Lipinski definition) is 5. The van der Waals surface area contributed by atoms with Crippen molar-refractivity contribution in [3.05, 3.63) is 0 Å². The van der Waals surface area contributed by atoms with Gasteiger partial charge in [-0.3, -0.25) is 9.59 Å². The SMILES string of the molecule is CCCCCCCCCCCCCC(=O)OCC(CNC)OC(=O)CCCCCCCCCCCCC. The highest BCUT2D eigenvalue weighted by atomic mass is 16.6. The van der Waals surface area contributed by atoms with Gasteiger partial charge in [0.05, 0.1) is 0 Å². The van der Waals surface area contributed by atoms with Crippen LogP contribution in [-0.2, 0) is 19.1 Å². The summed E-state index contributed by atoms with van der Waals surface area (Å²) in [7, 11) is 1.82. The molecule has 0 aliphatic rings. The second-order valence-corrected chi connectivity index (χ2v) is 10.9. The van der Waals surface area contributed by atoms with Gasteiger partial charge < -0.3 is 14.8 Å². The van der Waals surface area contributed by atoms with Crippen molar-refractivity contribution in [2.24, 2.45) is 0 Å². The summed E-state index contributed by atoms with van der Waals surface area (Å²) in [5, 5.41) is 3.03. The highest BCUT2D eigenvalue weighted by Crippen LogP contribution is 2.14. The van der Waals surface area contributed by atoms with Crippen molar-refractivity contribution in [3.8, 4) is 0 Å². The van der Waals surface area contributed by atoms with E-state index in [-0.39, 0.29) is 18.5 Å². The normalized spacial score (nSPS) is 12.0. The molecule has 1 unspecified atom stereocenters. The third-order valence-corrected chi connectivity index (χ3v) is 7.13. The minimum atomic E-state index is -0.411. The van der Waals surface area contributed by atoms with Crippen molar-refractivity contribution in [1.29, 1.82) is 0 Å². The van der Waals surface area contributed by atoms with Crippen molar-refractivity contribution < 1.29 is 19.1 Å². The van der Waals surface area contributed by atoms with Crippen LogP contribution in [0, 0.1) is 0 Å². The second-order valence-electron chi connectivity index (χ2n) is 10.9. The Kier molecular flexibility index (Phi) is 28.6. The summed E-state index contributed by atoms with van der Waals surface area (Å²) in [4.78, 5) is 24.3. The first-order valence-corrected chi connectivity index (χ1v) is 16.1. The molecule has 0 aliphatic heterocycles. The van der Waals surface area contributed by atoms with Gasteiger partial charge >= 0.3 is 11.9 Å². The highest BCUT2D eigenvalue weighted by molar-refractivity contribution is 5.70. The molecule has 5 heteroatoms. The van der Waals surface area contributed by atoms with Gasteiger partial charge in [-0.2, -0.15) is 0 Å². The molecule has 0 rings (SSSR count). The highest BCUT2D eigenvalue weighted by Gasteiger charge is 2.16. The van der Waals surface area contributed by atoms with Crippen LogP contribution in [0.3, 0.4) is 0 Å². The molecule has 1 N–H and O–H groups in total. The lowest BCUT2D eigenvalue weighted by Gasteiger charge is -2.17. The van der Waals surface area contributed by atoms with E-state index in [1.165, 1.54) is 116 Å². The standard InChI is InChI=1S/C32H63NO4/c1-4-6-8-10-12-14-16-18-20-22-24-26-31(34)36-29-30(28-33-3)37-32(35)27-25-23-21-19-17-15-13-11-9-7-5-2/h30,33H,4-29H2,1-3H3. The van der Waals surface area contributed by atoms with Crippen molar-refractivity contribution in [2.75, 3.05) is 20.2 Å². The van der Waals surface area contributed by atoms with Gasteiger partial charge in [-0.05, 0) is 19.9 Å². The summed E-state index contributed by atoms with van der Waals surface area (Å²) < 4.78 is 11.0. The molecule has 37 heavy (non-hydrogen) atoms. The lowest BCUT2D eigenvalue weighted by molar-refractivity contribution is -0.159. The molecule has 5 nitrogen and oxygen atoms in total. The largest absolute Gasteiger partial charge is 0.462 e. The number of ether oxygens (including phenoxy) is 2. The first kappa shape index (κ1) is 35.9. The molecule has 0 amide bonds. The molecule has 0 fully saturated rings. The van der Waals surface area contributed by atoms with Gasteiger partial charge in [-0.15, -0.1) is 0 Å². The zero-order chi connectivity index (χ0) is 27.2. The molecule has 0 aromatic heterocycles. The average molecular weight is 526 g/mol. The van der Waals surface area contributed by atoms with Gasteiger partial charge in [0.1, 0.15) is 12.7 Å². The van der Waals surface area contributed by atoms with E-state index in [9.17, 15) is 9.59 Å². The summed E-state index contributed by atoms with van der Waals surface area (Å²) in [6, 6.07) is 0. The van der Waals surface area contributed by atoms with Crippen LogP contribution in [-0.4, -0.2) is 38.2 Å². The molecule has 0 saturated heterocycles. The van der Waals surface area contributed by atoms with Crippen LogP contribution in [0.15, 0.2) is 0 Å². The summed E-state index contributed by atoms with van der Waals surface area (Å²) in [5.74, 6) is -0.365. The molecule has 0 aromatic rings. The maximum Gasteiger partial charge on any atom is 0.306 e. The van der Waals surface area contributed by atoms with Gasteiger partial charge in [0.25, 0.3) is 0 Å². The Morgan fingerprint density at radius 2 is 0.892 bits per heavy atom. The maximum absolute atomic E-state index is 12.2. The minimum Gasteiger partial charge on any atom is -0.462 e. The molecule has 220 valence electrons. The van der Waals surface area contributed by atoms with Crippen LogP contribution < -0.4 is 5.32 Å². The van der Waals surface area contributed by atoms with Gasteiger partial charge in [-0.1, -0.05) is 142 Å². The fourth-order valence-corrected chi connectivity index (χ4v) is 4.73. The van der Waals surface area contributed by atoms with E-state index in [0.29, 0.717) is 19.4 Å². The van der Waals surface area contributed by atoms with E-state index in [1.54, 1.807) is 0 Å². The van der Waals surface area contributed by atoms with Gasteiger partial charge in [0, 0.05) is 19.4 Å². The molecular formula is C32H63NO4. The fourth-order valence-electron chi connectivity index (χ4n) is 4.73. The van der Waals surface area contributed by atoms with Crippen LogP contribution in [0.5, 0.6) is 0 Å². The van der Waals surface area contributed by atoms with E-state index in [0.717, 1.165) is 25.7 Å². The molecular weight excluding hydrogens is 462 g/mol. The molecule has 0 aliphatic carbocycles. The third-order valence-electron chi connectivity index (χ3n) is 7.13. The molecule has 0 aromatic carbocycles. The predicted octanol–water partition coefficient (Wildman–Crippen LogP) is 9.06. The Bertz CT molecular complexity index is 497. The van der Waals surface area contributed by atoms with E-state index in [2.05, 4.69) is 19.2 Å². The lowest BCUT2D eigenvalue weighted by Crippen LogP contribution is -2.33. The first-order chi connectivity index (χ1) is 18.1. The van der Waals surface area contributed by atoms with Gasteiger partial charge in [0.2, 0.25) is 0 Å². The molecule has 0 bridgehead atoms. The zero-order valence-electron chi connectivity index (χ0n) is 25.1. The van der Waals surface area contributed by atoms with Crippen LogP contribution in [0.2, 0.25) is 0 Å². The van der Waals surface area contributed by atoms with E-state index in [4.69, 9.17) is 9.47 Å². The Morgan fingerprint density at radius 1 is 0.541 bits per heavy atom. The number of rotatable bonds is 29. The van der Waals surface area contributed by atoms with E-state index in [1.807, 2.05) is 7.05 Å². The number of unbranched alkanes of at least 4 members (excludes halogenated alkanes) is 20. The number of hydrogen-bond donors (Lipinski definition) is 1. The van der Waals surface area contributed by atoms with E-state index >= 15 is 0 Å². The summed E-state index contributed by atoms with van der Waals surface area (Å²) in [6.45, 7) is 5.15. The van der Waals surface area contributed by atoms with Gasteiger partial charge in [0.15, 0.2) is 0 Å². The number of likely N-dealkylation sites (N-methyl/N-ethyl adjacent to an activating group) is 1. The topological polar surface area (TPSA) is 64.6 Å². The smallest absolute Gasteiger partial charge is 0.306 e. The molecule has 0 radical (unpaired) electrons. The summed E-state index contributed by atoms with van der Waals surface area (Å²) >= 11 is 0. The number of carbonyl (C=O) groups excluding carboxylic acids is 2. The number of nitrogens with one attached hydrogen (secondary N) is 1. The summed E-state index contributed by atoms with van der Waals surface area (Å²) in [5.41, 5.74) is 0. The summed E-state index contributed by atoms with van der Waals surface area (Å²) in [6.07, 6.45) is 28.2. The quantitative estimate of drug-likeness (QED) is 0.0779. The van der Waals surface area contributed by atoms with Crippen molar-refractivity contribution >= 4 is 11.9 Å². The maximum atomic E-state index is 12.2. The average Bonchev–Trinajstić information content (AvgIpc) is 2.89. The Balaban J connectivity index is 3.68. The van der Waals surface area contributed by atoms with Crippen LogP contribution >= 0.6 is 0 Å². The fraction of sp³-hybridized carbons (Fsp3) is 0.938. The van der Waals surface area contributed by atoms with Crippen LogP contribution in [0.4, 0.5) is 0 Å². The van der Waals surface area contributed by atoms with Crippen molar-refractivity contribution in [2.45, 2.75) is 174 Å². The number of carbonyl (C=O) groups is 2. The van der Waals surface area contributed by atoms with Crippen LogP contribution in [0.25, 0.3) is 0 Å². The van der Waals surface area contributed by atoms with Crippen molar-refractivity contribution in [3.63, 3.8) is 0 Å². The Hall–Kier alpha value is -1.10. The predicted molar refractivity (Wildman–Crippen MR) is 157 cm³/mol. The lowest BCUT2D eigenvalue weighted by atomic mass is 10.1. The van der Waals surface area contributed by atoms with E-state index < -0.39 is 6.10 Å². The first-order valence-electron chi connectivity index (χ1n) is 16.1. The zero-order valence-corrected chi connectivity index (χ0v) is 25.1. The van der Waals surface area contributed by atoms with Gasteiger partial charge in [-0.25, -0.2) is 0 Å². The molecule has 0 saturated carbocycles. The Morgan fingerprint density at radius 3 is 1.27 bits per heavy atom. The monoisotopic (exact) mass is 525 g/mol. The molecule has 0 heterocycles. The van der Waals surface area contributed by atoms with Crippen molar-refractivity contribution in [1.82, 2.24) is 5.32 Å². The molecule has 0 spiro atoms. The Labute approximate surface area is 230 Å². The minimum absolute atomic E-state index is 0.141. The van der Waals surface area contributed by atoms with Crippen LogP contribution in [0.1, 0.15) is 168 Å². The molecule has 1 atom stereocenters. The number of esters is 2.